The third-order valence-electron chi connectivity index (χ3n) is 5.06. The van der Waals surface area contributed by atoms with Gasteiger partial charge in [0.25, 0.3) is 5.91 Å². The van der Waals surface area contributed by atoms with Crippen LogP contribution < -0.4 is 0 Å². The molecule has 1 amide bonds. The Bertz CT molecular complexity index is 927. The largest absolute Gasteiger partial charge is 0.381 e. The van der Waals surface area contributed by atoms with E-state index in [1.165, 1.54) is 0 Å². The van der Waals surface area contributed by atoms with Crippen molar-refractivity contribution in [2.75, 3.05) is 19.8 Å². The number of imidazole rings is 1. The lowest BCUT2D eigenvalue weighted by Gasteiger charge is -2.24. The third-order valence-corrected chi connectivity index (χ3v) is 5.06. The molecule has 1 aliphatic heterocycles. The fraction of sp³-hybridized carbons (Fsp3) is 0.400. The zero-order valence-electron chi connectivity index (χ0n) is 15.3. The highest BCUT2D eigenvalue weighted by molar-refractivity contribution is 6.06. The summed E-state index contributed by atoms with van der Waals surface area (Å²) in [4.78, 5) is 19.6. The first kappa shape index (κ1) is 16.8. The van der Waals surface area contributed by atoms with Gasteiger partial charge >= 0.3 is 0 Å². The Kier molecular flexibility index (Phi) is 4.51. The predicted octanol–water partition coefficient (Wildman–Crippen LogP) is 2.68. The third kappa shape index (κ3) is 3.01. The average molecular weight is 352 g/mol. The fourth-order valence-corrected chi connectivity index (χ4v) is 3.78. The minimum absolute atomic E-state index is 0.0675. The standard InChI is InChI=1S/C20H24N4O2/c1-3-26-13-15-9-23(11-16-8-21-14-24(16)10-15)20(25)18-12-22(2)19-7-5-4-6-17(18)19/h4-8,12,14-15H,3,9-11,13H2,1-2H3/t15-/m0/s1. The van der Waals surface area contributed by atoms with Gasteiger partial charge in [-0.15, -0.1) is 0 Å². The van der Waals surface area contributed by atoms with Gasteiger partial charge in [-0.25, -0.2) is 4.98 Å². The van der Waals surface area contributed by atoms with Gasteiger partial charge in [-0.3, -0.25) is 4.79 Å². The van der Waals surface area contributed by atoms with Crippen molar-refractivity contribution in [3.8, 4) is 0 Å². The van der Waals surface area contributed by atoms with Crippen LogP contribution in [0.3, 0.4) is 0 Å². The summed E-state index contributed by atoms with van der Waals surface area (Å²) >= 11 is 0. The Morgan fingerprint density at radius 1 is 1.31 bits per heavy atom. The molecule has 0 bridgehead atoms. The molecule has 0 fully saturated rings. The summed E-state index contributed by atoms with van der Waals surface area (Å²) in [6.45, 7) is 5.42. The molecule has 3 aromatic rings. The van der Waals surface area contributed by atoms with Crippen LogP contribution in [0.15, 0.2) is 43.0 Å². The Hall–Kier alpha value is -2.60. The number of fused-ring (bicyclic) bond motifs is 2. The van der Waals surface area contributed by atoms with Crippen LogP contribution in [0.25, 0.3) is 10.9 Å². The maximum Gasteiger partial charge on any atom is 0.256 e. The van der Waals surface area contributed by atoms with Crippen LogP contribution in [0.1, 0.15) is 23.0 Å². The van der Waals surface area contributed by atoms with Crippen LogP contribution in [-0.2, 0) is 24.9 Å². The van der Waals surface area contributed by atoms with Gasteiger partial charge in [0.05, 0.1) is 30.7 Å². The highest BCUT2D eigenvalue weighted by Crippen LogP contribution is 2.24. The smallest absolute Gasteiger partial charge is 0.256 e. The van der Waals surface area contributed by atoms with Crippen LogP contribution in [-0.4, -0.2) is 44.7 Å². The number of hydrogen-bond acceptors (Lipinski definition) is 3. The molecule has 0 unspecified atom stereocenters. The molecule has 0 spiro atoms. The van der Waals surface area contributed by atoms with Crippen LogP contribution in [0, 0.1) is 5.92 Å². The Labute approximate surface area is 153 Å². The van der Waals surface area contributed by atoms with Gasteiger partial charge in [0, 0.05) is 56.0 Å². The summed E-state index contributed by atoms with van der Waals surface area (Å²) in [5.74, 6) is 0.322. The van der Waals surface area contributed by atoms with Crippen molar-refractivity contribution in [2.45, 2.75) is 20.0 Å². The van der Waals surface area contributed by atoms with E-state index < -0.39 is 0 Å². The van der Waals surface area contributed by atoms with E-state index in [1.807, 2.05) is 66.4 Å². The number of nitrogens with zero attached hydrogens (tertiary/aromatic N) is 4. The van der Waals surface area contributed by atoms with Crippen LogP contribution in [0.5, 0.6) is 0 Å². The molecular formula is C20H24N4O2. The number of rotatable bonds is 4. The minimum atomic E-state index is 0.0675. The lowest BCUT2D eigenvalue weighted by atomic mass is 10.1. The maximum atomic E-state index is 13.4. The number of carbonyl (C=O) groups excluding carboxylic acids is 1. The zero-order chi connectivity index (χ0) is 18.1. The number of para-hydroxylation sites is 1. The van der Waals surface area contributed by atoms with Gasteiger partial charge in [-0.05, 0) is 13.0 Å². The zero-order valence-corrected chi connectivity index (χ0v) is 15.3. The van der Waals surface area contributed by atoms with E-state index >= 15 is 0 Å². The van der Waals surface area contributed by atoms with Gasteiger partial charge in [0.2, 0.25) is 0 Å². The normalized spacial score (nSPS) is 17.3. The van der Waals surface area contributed by atoms with Crippen molar-refractivity contribution in [3.05, 3.63) is 54.2 Å². The monoisotopic (exact) mass is 352 g/mol. The molecule has 0 N–H and O–H groups in total. The summed E-state index contributed by atoms with van der Waals surface area (Å²) in [5, 5.41) is 0.999. The maximum absolute atomic E-state index is 13.4. The molecule has 4 rings (SSSR count). The number of amides is 1. The molecule has 26 heavy (non-hydrogen) atoms. The highest BCUT2D eigenvalue weighted by Gasteiger charge is 2.27. The predicted molar refractivity (Wildman–Crippen MR) is 99.9 cm³/mol. The van der Waals surface area contributed by atoms with E-state index in [4.69, 9.17) is 4.74 Å². The molecule has 3 heterocycles. The molecule has 1 aliphatic rings. The minimum Gasteiger partial charge on any atom is -0.381 e. The first-order valence-corrected chi connectivity index (χ1v) is 9.07. The number of carbonyl (C=O) groups is 1. The van der Waals surface area contributed by atoms with E-state index in [0.29, 0.717) is 26.3 Å². The molecule has 136 valence electrons. The molecule has 1 atom stereocenters. The second-order valence-corrected chi connectivity index (χ2v) is 6.92. The van der Waals surface area contributed by atoms with Crippen molar-refractivity contribution >= 4 is 16.8 Å². The first-order chi connectivity index (χ1) is 12.7. The molecule has 0 saturated carbocycles. The van der Waals surface area contributed by atoms with Crippen LogP contribution in [0.4, 0.5) is 0 Å². The topological polar surface area (TPSA) is 52.3 Å². The summed E-state index contributed by atoms with van der Waals surface area (Å²) in [5.41, 5.74) is 2.89. The van der Waals surface area contributed by atoms with E-state index in [0.717, 1.165) is 28.7 Å². The van der Waals surface area contributed by atoms with Crippen molar-refractivity contribution in [3.63, 3.8) is 0 Å². The summed E-state index contributed by atoms with van der Waals surface area (Å²) in [7, 11) is 1.98. The SMILES string of the molecule is CCOC[C@H]1CN(C(=O)c2cn(C)c3ccccc23)Cc2cncn2C1. The van der Waals surface area contributed by atoms with Gasteiger partial charge in [-0.2, -0.15) is 0 Å². The number of aryl methyl sites for hydroxylation is 1. The Balaban J connectivity index is 1.67. The molecular weight excluding hydrogens is 328 g/mol. The van der Waals surface area contributed by atoms with Gasteiger partial charge in [-0.1, -0.05) is 18.2 Å². The van der Waals surface area contributed by atoms with Crippen molar-refractivity contribution in [2.24, 2.45) is 13.0 Å². The number of aromatic nitrogens is 3. The Morgan fingerprint density at radius 3 is 3.00 bits per heavy atom. The van der Waals surface area contributed by atoms with Crippen LogP contribution in [0.2, 0.25) is 0 Å². The van der Waals surface area contributed by atoms with E-state index in [1.54, 1.807) is 0 Å². The van der Waals surface area contributed by atoms with Gasteiger partial charge < -0.3 is 18.8 Å². The summed E-state index contributed by atoms with van der Waals surface area (Å²) < 4.78 is 9.81. The molecule has 0 aliphatic carbocycles. The van der Waals surface area contributed by atoms with E-state index in [-0.39, 0.29) is 11.8 Å². The molecule has 6 nitrogen and oxygen atoms in total. The molecule has 1 aromatic carbocycles. The summed E-state index contributed by atoms with van der Waals surface area (Å²) in [6.07, 6.45) is 5.64. The molecule has 2 aromatic heterocycles. The first-order valence-electron chi connectivity index (χ1n) is 9.07. The lowest BCUT2D eigenvalue weighted by Crippen LogP contribution is -2.35. The second-order valence-electron chi connectivity index (χ2n) is 6.92. The van der Waals surface area contributed by atoms with Gasteiger partial charge in [0.1, 0.15) is 0 Å². The molecule has 6 heteroatoms. The van der Waals surface area contributed by atoms with Crippen LogP contribution >= 0.6 is 0 Å². The van der Waals surface area contributed by atoms with Crippen molar-refractivity contribution in [1.82, 2.24) is 19.0 Å². The van der Waals surface area contributed by atoms with E-state index in [2.05, 4.69) is 9.55 Å². The highest BCUT2D eigenvalue weighted by atomic mass is 16.5. The second kappa shape index (κ2) is 6.96. The molecule has 0 radical (unpaired) electrons. The number of ether oxygens (including phenoxy) is 1. The van der Waals surface area contributed by atoms with Gasteiger partial charge in [0.15, 0.2) is 0 Å². The fourth-order valence-electron chi connectivity index (χ4n) is 3.78. The quantitative estimate of drug-likeness (QED) is 0.725. The Morgan fingerprint density at radius 2 is 2.15 bits per heavy atom. The number of hydrogen-bond donors (Lipinski definition) is 0. The average Bonchev–Trinajstić information content (AvgIpc) is 3.18. The van der Waals surface area contributed by atoms with E-state index in [9.17, 15) is 4.79 Å². The number of benzene rings is 1. The van der Waals surface area contributed by atoms with Crippen molar-refractivity contribution in [1.29, 1.82) is 0 Å². The lowest BCUT2D eigenvalue weighted by molar-refractivity contribution is 0.0620. The molecule has 0 saturated heterocycles. The summed E-state index contributed by atoms with van der Waals surface area (Å²) in [6, 6.07) is 8.04. The van der Waals surface area contributed by atoms with Crippen molar-refractivity contribution < 1.29 is 9.53 Å².